The number of hydrogen-bond acceptors (Lipinski definition) is 10. The van der Waals surface area contributed by atoms with E-state index in [0.717, 1.165) is 0 Å². The third-order valence-corrected chi connectivity index (χ3v) is 4.89. The summed E-state index contributed by atoms with van der Waals surface area (Å²) in [5.74, 6) is -1.60. The van der Waals surface area contributed by atoms with Crippen LogP contribution in [-0.4, -0.2) is 89.2 Å². The molecular weight excluding hydrogens is 569 g/mol. The Morgan fingerprint density at radius 1 is 1.12 bits per heavy atom. The standard InChI is InChI=1S/C21H28INO11/c22-21(29)32-12-13-1-2-16(33-18-11-14(25)10-17(34-18)20(27)28)15(9-13)19(26)23-3-5-30-7-8-31-6-4-24/h1-2,9,14,17-18,24-25H,3-8,10-12H2,(H,23,26)(H,27,28). The van der Waals surface area contributed by atoms with Gasteiger partial charge in [0.15, 0.2) is 6.10 Å². The van der Waals surface area contributed by atoms with Gasteiger partial charge in [-0.25, -0.2) is 9.59 Å². The molecule has 1 aromatic rings. The molecule has 2 rings (SSSR count). The van der Waals surface area contributed by atoms with Crippen LogP contribution in [0.4, 0.5) is 4.79 Å². The van der Waals surface area contributed by atoms with Gasteiger partial charge in [-0.15, -0.1) is 0 Å². The van der Waals surface area contributed by atoms with Crippen molar-refractivity contribution >= 4 is 38.4 Å². The van der Waals surface area contributed by atoms with E-state index in [0.29, 0.717) is 18.8 Å². The molecule has 0 aliphatic carbocycles. The minimum atomic E-state index is -1.23. The molecule has 1 amide bonds. The van der Waals surface area contributed by atoms with Crippen molar-refractivity contribution in [1.82, 2.24) is 5.32 Å². The Morgan fingerprint density at radius 2 is 1.85 bits per heavy atom. The summed E-state index contributed by atoms with van der Waals surface area (Å²) in [7, 11) is 0. The highest BCUT2D eigenvalue weighted by Gasteiger charge is 2.34. The molecule has 1 aliphatic rings. The molecule has 0 saturated carbocycles. The maximum atomic E-state index is 12.8. The second-order valence-corrected chi connectivity index (χ2v) is 8.08. The van der Waals surface area contributed by atoms with E-state index >= 15 is 0 Å². The molecule has 0 radical (unpaired) electrons. The molecule has 0 bridgehead atoms. The number of carbonyl (C=O) groups excluding carboxylic acids is 2. The molecule has 1 heterocycles. The molecule has 1 aliphatic heterocycles. The van der Waals surface area contributed by atoms with E-state index in [1.54, 1.807) is 6.07 Å². The number of aliphatic carboxylic acids is 1. The van der Waals surface area contributed by atoms with E-state index in [2.05, 4.69) is 5.32 Å². The van der Waals surface area contributed by atoms with Crippen molar-refractivity contribution in [1.29, 1.82) is 0 Å². The van der Waals surface area contributed by atoms with Crippen LogP contribution in [0.2, 0.25) is 0 Å². The predicted octanol–water partition coefficient (Wildman–Crippen LogP) is 0.843. The largest absolute Gasteiger partial charge is 0.479 e. The number of carboxylic acids is 1. The van der Waals surface area contributed by atoms with Crippen molar-refractivity contribution in [2.24, 2.45) is 0 Å². The number of ether oxygens (including phenoxy) is 5. The molecule has 3 atom stereocenters. The Bertz CT molecular complexity index is 822. The molecule has 34 heavy (non-hydrogen) atoms. The summed E-state index contributed by atoms with van der Waals surface area (Å²) in [6.45, 7) is 1.11. The molecule has 1 aromatic carbocycles. The summed E-state index contributed by atoms with van der Waals surface area (Å²) in [4.78, 5) is 35.2. The van der Waals surface area contributed by atoms with Gasteiger partial charge in [0.1, 0.15) is 12.4 Å². The number of amides is 1. The van der Waals surface area contributed by atoms with Gasteiger partial charge in [0, 0.05) is 19.4 Å². The van der Waals surface area contributed by atoms with E-state index in [4.69, 9.17) is 28.8 Å². The molecule has 12 nitrogen and oxygen atoms in total. The van der Waals surface area contributed by atoms with Gasteiger partial charge in [-0.1, -0.05) is 6.07 Å². The SMILES string of the molecule is O=C(I)OCc1ccc(OC2CC(O)CC(C(=O)O)O2)c(C(=O)NCCOCCOCCO)c1. The average molecular weight is 597 g/mol. The summed E-state index contributed by atoms with van der Waals surface area (Å²) in [6, 6.07) is 4.57. The lowest BCUT2D eigenvalue weighted by molar-refractivity contribution is -0.195. The van der Waals surface area contributed by atoms with Gasteiger partial charge < -0.3 is 44.3 Å². The van der Waals surface area contributed by atoms with Crippen LogP contribution in [0.15, 0.2) is 18.2 Å². The normalized spacial score (nSPS) is 19.9. The van der Waals surface area contributed by atoms with Crippen LogP contribution < -0.4 is 10.1 Å². The van der Waals surface area contributed by atoms with Gasteiger partial charge in [-0.2, -0.15) is 0 Å². The van der Waals surface area contributed by atoms with Gasteiger partial charge in [0.05, 0.1) is 67.3 Å². The maximum Gasteiger partial charge on any atom is 0.367 e. The number of carboxylic acid groups (broad SMARTS) is 1. The van der Waals surface area contributed by atoms with Crippen LogP contribution >= 0.6 is 22.6 Å². The van der Waals surface area contributed by atoms with E-state index < -0.39 is 34.4 Å². The van der Waals surface area contributed by atoms with Gasteiger partial charge >= 0.3 is 9.95 Å². The lowest BCUT2D eigenvalue weighted by atomic mass is 10.0. The first-order valence-electron chi connectivity index (χ1n) is 10.5. The summed E-state index contributed by atoms with van der Waals surface area (Å²) in [5, 5.41) is 30.5. The monoisotopic (exact) mass is 597 g/mol. The van der Waals surface area contributed by atoms with Gasteiger partial charge in [-0.05, 0) is 17.7 Å². The van der Waals surface area contributed by atoms with Crippen molar-refractivity contribution < 1.29 is 53.4 Å². The second-order valence-electron chi connectivity index (χ2n) is 7.20. The smallest absolute Gasteiger partial charge is 0.367 e. The molecule has 0 aromatic heterocycles. The van der Waals surface area contributed by atoms with Gasteiger partial charge in [-0.3, -0.25) is 4.79 Å². The lowest BCUT2D eigenvalue weighted by Crippen LogP contribution is -2.42. The Kier molecular flexibility index (Phi) is 12.5. The van der Waals surface area contributed by atoms with Crippen molar-refractivity contribution in [2.45, 2.75) is 37.9 Å². The third-order valence-electron chi connectivity index (χ3n) is 4.58. The Balaban J connectivity index is 2.03. The predicted molar refractivity (Wildman–Crippen MR) is 124 cm³/mol. The Hall–Kier alpha value is -2.04. The van der Waals surface area contributed by atoms with E-state index in [1.165, 1.54) is 34.7 Å². The highest BCUT2D eigenvalue weighted by atomic mass is 127. The number of benzene rings is 1. The highest BCUT2D eigenvalue weighted by Crippen LogP contribution is 2.27. The molecule has 0 spiro atoms. The molecule has 4 N–H and O–H groups in total. The highest BCUT2D eigenvalue weighted by molar-refractivity contribution is 14.1. The summed E-state index contributed by atoms with van der Waals surface area (Å²) in [5.41, 5.74) is 0.650. The summed E-state index contributed by atoms with van der Waals surface area (Å²) < 4.78 is 26.0. The second kappa shape index (κ2) is 15.1. The topological polar surface area (TPSA) is 170 Å². The van der Waals surface area contributed by atoms with Crippen molar-refractivity contribution in [2.75, 3.05) is 39.6 Å². The van der Waals surface area contributed by atoms with Crippen molar-refractivity contribution in [3.8, 4) is 5.75 Å². The lowest BCUT2D eigenvalue weighted by Gasteiger charge is -2.31. The first-order chi connectivity index (χ1) is 16.3. The first-order valence-corrected chi connectivity index (χ1v) is 11.6. The Labute approximate surface area is 209 Å². The van der Waals surface area contributed by atoms with Crippen LogP contribution in [0, 0.1) is 0 Å². The molecule has 1 fully saturated rings. The van der Waals surface area contributed by atoms with Crippen LogP contribution in [-0.2, 0) is 30.3 Å². The zero-order chi connectivity index (χ0) is 24.9. The minimum Gasteiger partial charge on any atom is -0.479 e. The zero-order valence-electron chi connectivity index (χ0n) is 18.3. The van der Waals surface area contributed by atoms with Crippen LogP contribution in [0.25, 0.3) is 0 Å². The molecule has 13 heteroatoms. The molecule has 1 saturated heterocycles. The third kappa shape index (κ3) is 10.1. The van der Waals surface area contributed by atoms with Crippen molar-refractivity contribution in [3.63, 3.8) is 0 Å². The number of carbonyl (C=O) groups is 3. The quantitative estimate of drug-likeness (QED) is 0.136. The number of aliphatic hydroxyl groups excluding tert-OH is 2. The van der Waals surface area contributed by atoms with Crippen molar-refractivity contribution in [3.05, 3.63) is 29.3 Å². The fraction of sp³-hybridized carbons (Fsp3) is 0.571. The molecule has 190 valence electrons. The fourth-order valence-electron chi connectivity index (χ4n) is 3.04. The van der Waals surface area contributed by atoms with E-state index in [1.807, 2.05) is 0 Å². The number of hydrogen-bond donors (Lipinski definition) is 4. The van der Waals surface area contributed by atoms with Crippen LogP contribution in [0.1, 0.15) is 28.8 Å². The molecule has 3 unspecified atom stereocenters. The van der Waals surface area contributed by atoms with E-state index in [9.17, 15) is 24.6 Å². The maximum absolute atomic E-state index is 12.8. The summed E-state index contributed by atoms with van der Waals surface area (Å²) in [6.07, 6.45) is -3.26. The average Bonchev–Trinajstić information content (AvgIpc) is 2.79. The number of aliphatic hydroxyl groups is 2. The van der Waals surface area contributed by atoms with Crippen LogP contribution in [0.5, 0.6) is 5.75 Å². The first kappa shape index (κ1) is 28.2. The number of halogens is 1. The van der Waals surface area contributed by atoms with Gasteiger partial charge in [0.25, 0.3) is 5.91 Å². The Morgan fingerprint density at radius 3 is 2.53 bits per heavy atom. The number of rotatable bonds is 14. The van der Waals surface area contributed by atoms with Crippen LogP contribution in [0.3, 0.4) is 0 Å². The minimum absolute atomic E-state index is 0.0330. The summed E-state index contributed by atoms with van der Waals surface area (Å²) >= 11 is 1.49. The fourth-order valence-corrected chi connectivity index (χ4v) is 3.20. The van der Waals surface area contributed by atoms with E-state index in [-0.39, 0.29) is 57.1 Å². The molecular formula is C21H28INO11. The zero-order valence-corrected chi connectivity index (χ0v) is 20.5. The number of nitrogens with one attached hydrogen (secondary N) is 1. The van der Waals surface area contributed by atoms with Gasteiger partial charge in [0.2, 0.25) is 6.29 Å².